The molecule has 0 atom stereocenters. The molecule has 1 saturated carbocycles. The zero-order valence-corrected chi connectivity index (χ0v) is 14.9. The van der Waals surface area contributed by atoms with Crippen molar-refractivity contribution in [2.75, 3.05) is 29.2 Å². The molecule has 0 unspecified atom stereocenters. The summed E-state index contributed by atoms with van der Waals surface area (Å²) in [6.45, 7) is 0.00617. The van der Waals surface area contributed by atoms with Gasteiger partial charge in [-0.1, -0.05) is 0 Å². The highest BCUT2D eigenvalue weighted by Gasteiger charge is 2.23. The number of rotatable bonds is 5. The Balaban J connectivity index is 1.58. The zero-order valence-electron chi connectivity index (χ0n) is 14.9. The number of ether oxygens (including phenoxy) is 1. The second kappa shape index (κ2) is 6.75. The summed E-state index contributed by atoms with van der Waals surface area (Å²) in [4.78, 5) is 33.5. The molecule has 2 aromatic rings. The number of carbonyl (C=O) groups is 2. The molecular weight excluding hydrogens is 348 g/mol. The second-order valence-corrected chi connectivity index (χ2v) is 6.64. The third-order valence-corrected chi connectivity index (χ3v) is 4.80. The van der Waals surface area contributed by atoms with Crippen LogP contribution in [0, 0.1) is 0 Å². The fourth-order valence-electron chi connectivity index (χ4n) is 2.96. The van der Waals surface area contributed by atoms with E-state index in [1.807, 2.05) is 6.07 Å². The molecule has 1 aliphatic carbocycles. The van der Waals surface area contributed by atoms with Crippen LogP contribution in [-0.4, -0.2) is 41.5 Å². The second-order valence-electron chi connectivity index (χ2n) is 6.64. The van der Waals surface area contributed by atoms with Gasteiger partial charge in [-0.25, -0.2) is 4.98 Å². The Labute approximate surface area is 155 Å². The first-order valence-corrected chi connectivity index (χ1v) is 8.75. The molecule has 1 aromatic carbocycles. The lowest BCUT2D eigenvalue weighted by atomic mass is 9.93. The van der Waals surface area contributed by atoms with Gasteiger partial charge >= 0.3 is 0 Å². The van der Waals surface area contributed by atoms with Crippen LogP contribution in [-0.2, 0) is 4.79 Å². The van der Waals surface area contributed by atoms with E-state index in [4.69, 9.17) is 10.5 Å². The zero-order chi connectivity index (χ0) is 19.0. The number of carbonyl (C=O) groups excluding carboxylic acids is 2. The number of aromatic nitrogens is 2. The average molecular weight is 368 g/mol. The van der Waals surface area contributed by atoms with E-state index >= 15 is 0 Å². The van der Waals surface area contributed by atoms with Crippen LogP contribution in [0.5, 0.6) is 5.75 Å². The molecule has 1 fully saturated rings. The number of nitrogens with two attached hydrogens (primary N) is 1. The van der Waals surface area contributed by atoms with Crippen LogP contribution < -0.4 is 26.0 Å². The van der Waals surface area contributed by atoms with Crippen LogP contribution in [0.1, 0.15) is 29.6 Å². The van der Waals surface area contributed by atoms with Crippen molar-refractivity contribution < 1.29 is 14.3 Å². The van der Waals surface area contributed by atoms with E-state index in [-0.39, 0.29) is 18.1 Å². The molecule has 0 saturated heterocycles. The summed E-state index contributed by atoms with van der Waals surface area (Å²) in [7, 11) is 1.71. The minimum absolute atomic E-state index is 0.00617. The number of fused-ring (bicyclic) bond motifs is 1. The lowest BCUT2D eigenvalue weighted by molar-refractivity contribution is -0.120. The molecule has 9 nitrogen and oxygen atoms in total. The summed E-state index contributed by atoms with van der Waals surface area (Å²) in [6, 6.07) is 5.68. The summed E-state index contributed by atoms with van der Waals surface area (Å²) in [5.74, 6) is 0.702. The van der Waals surface area contributed by atoms with Gasteiger partial charge in [-0.15, -0.1) is 0 Å². The molecule has 2 amide bonds. The van der Waals surface area contributed by atoms with Crippen molar-refractivity contribution in [3.8, 4) is 5.75 Å². The molecule has 9 heteroatoms. The van der Waals surface area contributed by atoms with Crippen molar-refractivity contribution >= 4 is 35.0 Å². The molecule has 4 rings (SSSR count). The Hall–Kier alpha value is -3.36. The van der Waals surface area contributed by atoms with E-state index in [9.17, 15) is 9.59 Å². The number of benzene rings is 1. The number of nitrogens with zero attached hydrogens (tertiary/aromatic N) is 3. The minimum Gasteiger partial charge on any atom is -0.481 e. The quantitative estimate of drug-likeness (QED) is 0.733. The van der Waals surface area contributed by atoms with Crippen LogP contribution in [0.2, 0.25) is 0 Å². The van der Waals surface area contributed by atoms with Crippen LogP contribution in [0.25, 0.3) is 0 Å². The summed E-state index contributed by atoms with van der Waals surface area (Å²) >= 11 is 0. The third-order valence-electron chi connectivity index (χ3n) is 4.80. The molecule has 0 bridgehead atoms. The van der Waals surface area contributed by atoms with Crippen LogP contribution >= 0.6 is 0 Å². The van der Waals surface area contributed by atoms with E-state index in [0.29, 0.717) is 34.9 Å². The van der Waals surface area contributed by atoms with Crippen LogP contribution in [0.4, 0.5) is 23.1 Å². The number of anilines is 4. The lowest BCUT2D eigenvalue weighted by Gasteiger charge is -2.27. The largest absolute Gasteiger partial charge is 0.481 e. The van der Waals surface area contributed by atoms with Crippen LogP contribution in [0.3, 0.4) is 0 Å². The first-order valence-electron chi connectivity index (χ1n) is 8.75. The first kappa shape index (κ1) is 17.1. The van der Waals surface area contributed by atoms with Gasteiger partial charge in [-0.05, 0) is 31.4 Å². The van der Waals surface area contributed by atoms with Gasteiger partial charge in [0.25, 0.3) is 11.8 Å². The van der Waals surface area contributed by atoms with Gasteiger partial charge in [0, 0.05) is 31.0 Å². The van der Waals surface area contributed by atoms with Crippen molar-refractivity contribution in [3.63, 3.8) is 0 Å². The summed E-state index contributed by atoms with van der Waals surface area (Å²) < 4.78 is 5.49. The highest BCUT2D eigenvalue weighted by molar-refractivity contribution is 5.98. The van der Waals surface area contributed by atoms with Crippen LogP contribution in [0.15, 0.2) is 24.4 Å². The molecule has 27 heavy (non-hydrogen) atoms. The predicted molar refractivity (Wildman–Crippen MR) is 100 cm³/mol. The third kappa shape index (κ3) is 3.35. The molecule has 0 spiro atoms. The normalized spacial score (nSPS) is 16.2. The molecule has 2 heterocycles. The SMILES string of the molecule is CN1C(=O)COc2cc(Nc3ncc(C(N)=O)c(NC4CCC4)n3)ccc21. The Morgan fingerprint density at radius 1 is 1.37 bits per heavy atom. The highest BCUT2D eigenvalue weighted by atomic mass is 16.5. The van der Waals surface area contributed by atoms with Gasteiger partial charge in [0.05, 0.1) is 11.3 Å². The van der Waals surface area contributed by atoms with Gasteiger partial charge in [-0.3, -0.25) is 9.59 Å². The molecule has 2 aliphatic rings. The van der Waals surface area contributed by atoms with E-state index in [2.05, 4.69) is 20.6 Å². The monoisotopic (exact) mass is 368 g/mol. The van der Waals surface area contributed by atoms with E-state index in [0.717, 1.165) is 19.3 Å². The number of hydrogen-bond acceptors (Lipinski definition) is 7. The Morgan fingerprint density at radius 3 is 2.89 bits per heavy atom. The van der Waals surface area contributed by atoms with Gasteiger partial charge in [-0.2, -0.15) is 4.98 Å². The van der Waals surface area contributed by atoms with Crippen molar-refractivity contribution in [1.29, 1.82) is 0 Å². The maximum atomic E-state index is 11.7. The molecular formula is C18H20N6O3. The van der Waals surface area contributed by atoms with Gasteiger partial charge < -0.3 is 26.0 Å². The number of primary amides is 1. The highest BCUT2D eigenvalue weighted by Crippen LogP contribution is 2.34. The van der Waals surface area contributed by atoms with E-state index in [1.54, 1.807) is 24.1 Å². The standard InChI is InChI=1S/C18H20N6O3/c1-24-13-6-5-11(7-14(13)27-9-15(24)25)22-18-20-8-12(16(19)26)17(23-18)21-10-3-2-4-10/h5-8,10H,2-4,9H2,1H3,(H2,19,26)(H2,20,21,22,23). The Morgan fingerprint density at radius 2 is 2.19 bits per heavy atom. The summed E-state index contributed by atoms with van der Waals surface area (Å²) in [5.41, 5.74) is 7.10. The molecule has 140 valence electrons. The van der Waals surface area contributed by atoms with Gasteiger partial charge in [0.2, 0.25) is 5.95 Å². The van der Waals surface area contributed by atoms with Gasteiger partial charge in [0.1, 0.15) is 11.6 Å². The number of nitrogens with one attached hydrogen (secondary N) is 2. The average Bonchev–Trinajstić information content (AvgIpc) is 2.61. The maximum absolute atomic E-state index is 11.7. The molecule has 1 aromatic heterocycles. The number of amides is 2. The van der Waals surface area contributed by atoms with E-state index < -0.39 is 5.91 Å². The van der Waals surface area contributed by atoms with E-state index in [1.165, 1.54) is 6.20 Å². The smallest absolute Gasteiger partial charge is 0.264 e. The van der Waals surface area contributed by atoms with Crippen molar-refractivity contribution in [3.05, 3.63) is 30.0 Å². The van der Waals surface area contributed by atoms with Crippen molar-refractivity contribution in [1.82, 2.24) is 9.97 Å². The lowest BCUT2D eigenvalue weighted by Crippen LogP contribution is -2.35. The maximum Gasteiger partial charge on any atom is 0.264 e. The molecule has 4 N–H and O–H groups in total. The Kier molecular flexibility index (Phi) is 4.27. The van der Waals surface area contributed by atoms with Crippen molar-refractivity contribution in [2.24, 2.45) is 5.73 Å². The fraction of sp³-hybridized carbons (Fsp3) is 0.333. The Bertz CT molecular complexity index is 912. The summed E-state index contributed by atoms with van der Waals surface area (Å²) in [5, 5.41) is 6.35. The fourth-order valence-corrected chi connectivity index (χ4v) is 2.96. The first-order chi connectivity index (χ1) is 13.0. The number of hydrogen-bond donors (Lipinski definition) is 3. The summed E-state index contributed by atoms with van der Waals surface area (Å²) in [6.07, 6.45) is 4.66. The van der Waals surface area contributed by atoms with Crippen molar-refractivity contribution in [2.45, 2.75) is 25.3 Å². The topological polar surface area (TPSA) is 122 Å². The molecule has 0 radical (unpaired) electrons. The molecule has 1 aliphatic heterocycles. The number of likely N-dealkylation sites (N-methyl/N-ethyl adjacent to an activating group) is 1. The minimum atomic E-state index is -0.571. The van der Waals surface area contributed by atoms with Gasteiger partial charge in [0.15, 0.2) is 6.61 Å². The predicted octanol–water partition coefficient (Wildman–Crippen LogP) is 1.64.